The Morgan fingerprint density at radius 2 is 0.767 bits per heavy atom. The lowest BCUT2D eigenvalue weighted by Crippen LogP contribution is -2.74. The van der Waals surface area contributed by atoms with Gasteiger partial charge in [0.1, 0.15) is 23.0 Å². The van der Waals surface area contributed by atoms with E-state index in [1.807, 2.05) is 0 Å². The van der Waals surface area contributed by atoms with Gasteiger partial charge in [0.05, 0.1) is 6.61 Å². The van der Waals surface area contributed by atoms with Crippen LogP contribution >= 0.6 is 23.0 Å². The molecule has 30 heavy (non-hydrogen) atoms. The van der Waals surface area contributed by atoms with Crippen LogP contribution in [-0.2, 0) is 3.07 Å². The molecule has 0 aliphatic carbocycles. The monoisotopic (exact) mass is 604 g/mol. The summed E-state index contributed by atoms with van der Waals surface area (Å²) in [5, 5.41) is 0. The minimum absolute atomic E-state index is 0.903. The van der Waals surface area contributed by atoms with Crippen LogP contribution in [-0.4, -0.2) is 54.2 Å². The molecule has 0 aromatic rings. The van der Waals surface area contributed by atoms with Gasteiger partial charge in [0.2, 0.25) is 0 Å². The summed E-state index contributed by atoms with van der Waals surface area (Å²) in [6.45, 7) is -0.903. The highest BCUT2D eigenvalue weighted by Crippen LogP contribution is 2.64. The summed E-state index contributed by atoms with van der Waals surface area (Å²) >= 11 is 0.976. The van der Waals surface area contributed by atoms with Gasteiger partial charge in [-0.05, 0) is 6.42 Å². The fourth-order valence-corrected chi connectivity index (χ4v) is 2.01. The van der Waals surface area contributed by atoms with Crippen molar-refractivity contribution in [3.63, 3.8) is 0 Å². The summed E-state index contributed by atoms with van der Waals surface area (Å²) in [5.41, 5.74) is 0. The van der Waals surface area contributed by atoms with Crippen LogP contribution in [0.5, 0.6) is 0 Å². The van der Waals surface area contributed by atoms with Crippen LogP contribution in [0.4, 0.5) is 74.6 Å². The lowest BCUT2D eigenvalue weighted by molar-refractivity contribution is -0.461. The van der Waals surface area contributed by atoms with E-state index in [4.69, 9.17) is 0 Å². The highest BCUT2D eigenvalue weighted by atomic mass is 127. The van der Waals surface area contributed by atoms with E-state index < -0.39 is 67.1 Å². The average Bonchev–Trinajstić information content (AvgIpc) is 2.52. The molecule has 0 saturated heterocycles. The lowest BCUT2D eigenvalue weighted by Gasteiger charge is -2.42. The van der Waals surface area contributed by atoms with Crippen LogP contribution in [0.1, 0.15) is 12.8 Å². The second kappa shape index (κ2) is 8.13. The molecular formula is C11H6F17IO. The van der Waals surface area contributed by atoms with Crippen LogP contribution in [0.2, 0.25) is 0 Å². The van der Waals surface area contributed by atoms with Crippen molar-refractivity contribution in [2.24, 2.45) is 0 Å². The van der Waals surface area contributed by atoms with E-state index >= 15 is 0 Å². The van der Waals surface area contributed by atoms with Crippen LogP contribution in [0.3, 0.4) is 0 Å². The molecular weight excluding hydrogens is 598 g/mol. The van der Waals surface area contributed by atoms with E-state index in [1.54, 1.807) is 0 Å². The van der Waals surface area contributed by atoms with E-state index in [9.17, 15) is 74.6 Å². The Labute approximate surface area is 168 Å². The zero-order valence-electron chi connectivity index (χ0n) is 13.3. The summed E-state index contributed by atoms with van der Waals surface area (Å²) < 4.78 is 223. The van der Waals surface area contributed by atoms with E-state index in [-0.39, 0.29) is 0 Å². The number of hydrogen-bond acceptors (Lipinski definition) is 1. The molecule has 0 amide bonds. The predicted molar refractivity (Wildman–Crippen MR) is 69.9 cm³/mol. The smallest absolute Gasteiger partial charge is 0.316 e. The maximum absolute atomic E-state index is 13.3. The maximum Gasteiger partial charge on any atom is 0.460 e. The van der Waals surface area contributed by atoms with Crippen LogP contribution in [0.15, 0.2) is 0 Å². The van der Waals surface area contributed by atoms with Gasteiger partial charge in [0, 0.05) is 6.42 Å². The Hall–Kier alpha value is -0.500. The Morgan fingerprint density at radius 1 is 0.467 bits per heavy atom. The zero-order valence-corrected chi connectivity index (χ0v) is 15.5. The molecule has 0 fully saturated rings. The third-order valence-electron chi connectivity index (χ3n) is 3.50. The molecule has 0 aliphatic heterocycles. The van der Waals surface area contributed by atoms with Gasteiger partial charge in [0.15, 0.2) is 0 Å². The summed E-state index contributed by atoms with van der Waals surface area (Å²) in [4.78, 5) is 0. The second-order valence-corrected chi connectivity index (χ2v) is 6.19. The summed E-state index contributed by atoms with van der Waals surface area (Å²) in [7, 11) is 0. The SMILES string of the molecule is FC(F)(F)C(F)(F)C(F)(F)C(F)(F)C(F)(F)C(F)(F)C(F)(F)C(F)(F)CCCOI. The minimum Gasteiger partial charge on any atom is -0.316 e. The maximum atomic E-state index is 13.3. The van der Waals surface area contributed by atoms with Gasteiger partial charge < -0.3 is 3.07 Å². The third kappa shape index (κ3) is 4.12. The van der Waals surface area contributed by atoms with Crippen molar-refractivity contribution in [1.82, 2.24) is 0 Å². The Morgan fingerprint density at radius 3 is 1.07 bits per heavy atom. The first kappa shape index (κ1) is 29.5. The van der Waals surface area contributed by atoms with Gasteiger partial charge in [-0.25, -0.2) is 0 Å². The van der Waals surface area contributed by atoms with E-state index in [0.29, 0.717) is 0 Å². The first-order chi connectivity index (χ1) is 12.8. The van der Waals surface area contributed by atoms with E-state index in [2.05, 4.69) is 3.07 Å². The highest BCUT2D eigenvalue weighted by molar-refractivity contribution is 14.1. The third-order valence-corrected chi connectivity index (χ3v) is 3.94. The molecule has 1 nitrogen and oxygen atoms in total. The van der Waals surface area contributed by atoms with Crippen LogP contribution in [0.25, 0.3) is 0 Å². The molecule has 0 rings (SSSR count). The highest BCUT2D eigenvalue weighted by Gasteiger charge is 2.95. The largest absolute Gasteiger partial charge is 0.460 e. The normalized spacial score (nSPS) is 16.2. The van der Waals surface area contributed by atoms with Crippen molar-refractivity contribution in [3.8, 4) is 0 Å². The first-order valence-corrected chi connectivity index (χ1v) is 7.64. The number of alkyl halides is 17. The van der Waals surface area contributed by atoms with Crippen molar-refractivity contribution in [2.75, 3.05) is 6.61 Å². The molecule has 0 aromatic carbocycles. The van der Waals surface area contributed by atoms with Gasteiger partial charge in [0.25, 0.3) is 0 Å². The quantitative estimate of drug-likeness (QED) is 0.147. The Balaban J connectivity index is 6.48. The fraction of sp³-hybridized carbons (Fsp3) is 1.00. The molecule has 0 saturated carbocycles. The molecule has 182 valence electrons. The van der Waals surface area contributed by atoms with Gasteiger partial charge in [-0.3, -0.25) is 0 Å². The lowest BCUT2D eigenvalue weighted by atomic mass is 9.88. The molecule has 19 heteroatoms. The fourth-order valence-electron chi connectivity index (χ4n) is 1.70. The standard InChI is InChI=1S/C11H6F17IO/c12-4(13,2-1-3-30-29)5(14,15)6(16,17)7(18,19)8(20,21)9(22,23)10(24,25)11(26,27)28/h1-3H2. The number of rotatable bonds is 10. The zero-order chi connectivity index (χ0) is 24.8. The molecule has 0 atom stereocenters. The minimum atomic E-state index is -8.59. The van der Waals surface area contributed by atoms with Crippen LogP contribution in [0, 0.1) is 0 Å². The molecule has 0 aliphatic rings. The summed E-state index contributed by atoms with van der Waals surface area (Å²) in [6.07, 6.45) is -11.5. The van der Waals surface area contributed by atoms with Gasteiger partial charge >= 0.3 is 47.6 Å². The molecule has 0 bridgehead atoms. The molecule has 0 spiro atoms. The van der Waals surface area contributed by atoms with Crippen molar-refractivity contribution >= 4 is 23.0 Å². The summed E-state index contributed by atoms with van der Waals surface area (Å²) in [6, 6.07) is 0. The first-order valence-electron chi connectivity index (χ1n) is 6.76. The van der Waals surface area contributed by atoms with E-state index in [0.717, 1.165) is 23.0 Å². The van der Waals surface area contributed by atoms with Gasteiger partial charge in [-0.2, -0.15) is 74.6 Å². The average molecular weight is 604 g/mol. The van der Waals surface area contributed by atoms with Crippen molar-refractivity contribution in [1.29, 1.82) is 0 Å². The van der Waals surface area contributed by atoms with Crippen molar-refractivity contribution < 1.29 is 77.7 Å². The molecule has 0 unspecified atom stereocenters. The topological polar surface area (TPSA) is 9.23 Å². The molecule has 0 aromatic heterocycles. The number of hydrogen-bond donors (Lipinski definition) is 0. The van der Waals surface area contributed by atoms with Crippen molar-refractivity contribution in [2.45, 2.75) is 60.5 Å². The number of halogens is 18. The van der Waals surface area contributed by atoms with Gasteiger partial charge in [-0.1, -0.05) is 0 Å². The Kier molecular flexibility index (Phi) is 7.99. The summed E-state index contributed by atoms with van der Waals surface area (Å²) in [5.74, 6) is -55.9. The predicted octanol–water partition coefficient (Wildman–Crippen LogP) is 7.14. The molecule has 0 heterocycles. The van der Waals surface area contributed by atoms with Crippen molar-refractivity contribution in [3.05, 3.63) is 0 Å². The van der Waals surface area contributed by atoms with Gasteiger partial charge in [-0.15, -0.1) is 0 Å². The Bertz CT molecular complexity index is 595. The van der Waals surface area contributed by atoms with Crippen LogP contribution < -0.4 is 0 Å². The molecule has 0 N–H and O–H groups in total. The second-order valence-electron chi connectivity index (χ2n) is 5.57. The van der Waals surface area contributed by atoms with E-state index in [1.165, 1.54) is 0 Å². The molecule has 0 radical (unpaired) electrons.